The van der Waals surface area contributed by atoms with E-state index in [4.69, 9.17) is 0 Å². The van der Waals surface area contributed by atoms with Crippen LogP contribution in [0.3, 0.4) is 0 Å². The second-order valence-electron chi connectivity index (χ2n) is 6.29. The van der Waals surface area contributed by atoms with Crippen molar-refractivity contribution in [1.82, 2.24) is 0 Å². The normalized spacial score (nSPS) is 19.2. The maximum Gasteiger partial charge on any atom is 0.0644 e. The second-order valence-corrected chi connectivity index (χ2v) is 6.29. The first kappa shape index (κ1) is 14.7. The molecule has 0 bridgehead atoms. The van der Waals surface area contributed by atoms with Crippen LogP contribution in [0.4, 0.5) is 0 Å². The average molecular weight is 308 g/mol. The molecule has 0 aliphatic heterocycles. The van der Waals surface area contributed by atoms with Gasteiger partial charge in [-0.15, -0.1) is 6.58 Å². The van der Waals surface area contributed by atoms with Gasteiger partial charge < -0.3 is 0 Å². The summed E-state index contributed by atoms with van der Waals surface area (Å²) in [5, 5.41) is 0. The van der Waals surface area contributed by atoms with Crippen LogP contribution in [0.15, 0.2) is 97.6 Å². The van der Waals surface area contributed by atoms with E-state index in [2.05, 4.69) is 105 Å². The van der Waals surface area contributed by atoms with Gasteiger partial charge in [0.15, 0.2) is 0 Å². The molecule has 1 aliphatic rings. The highest BCUT2D eigenvalue weighted by molar-refractivity contribution is 6.04. The fraction of sp³-hybridized carbons (Fsp3) is 0.0833. The van der Waals surface area contributed by atoms with Crippen molar-refractivity contribution in [2.24, 2.45) is 0 Å². The van der Waals surface area contributed by atoms with Crippen molar-refractivity contribution in [3.63, 3.8) is 0 Å². The van der Waals surface area contributed by atoms with Crippen molar-refractivity contribution in [3.8, 4) is 0 Å². The number of benzene rings is 3. The summed E-state index contributed by atoms with van der Waals surface area (Å²) in [6, 6.07) is 30.1. The minimum Gasteiger partial charge on any atom is -0.102 e. The highest BCUT2D eigenvalue weighted by Gasteiger charge is 2.43. The van der Waals surface area contributed by atoms with Gasteiger partial charge in [0.25, 0.3) is 0 Å². The van der Waals surface area contributed by atoms with Gasteiger partial charge in [-0.25, -0.2) is 0 Å². The molecule has 0 aromatic heterocycles. The van der Waals surface area contributed by atoms with E-state index in [-0.39, 0.29) is 5.41 Å². The molecule has 0 radical (unpaired) electrons. The molecule has 0 heteroatoms. The zero-order chi connectivity index (χ0) is 16.6. The molecular formula is C24H20. The summed E-state index contributed by atoms with van der Waals surface area (Å²) in [6.45, 7) is 6.50. The molecule has 3 aromatic rings. The first-order chi connectivity index (χ1) is 11.8. The first-order valence-electron chi connectivity index (χ1n) is 8.35. The number of fused-ring (bicyclic) bond motifs is 1. The SMILES string of the molecule is C=CC1(c2ccccc2)C(c2ccccc2)=C(C)c2ccccc21. The zero-order valence-corrected chi connectivity index (χ0v) is 13.9. The van der Waals surface area contributed by atoms with Gasteiger partial charge in [-0.3, -0.25) is 0 Å². The van der Waals surface area contributed by atoms with Gasteiger partial charge in [0.1, 0.15) is 0 Å². The van der Waals surface area contributed by atoms with Crippen molar-refractivity contribution in [2.75, 3.05) is 0 Å². The Morgan fingerprint density at radius 3 is 2.00 bits per heavy atom. The second kappa shape index (κ2) is 5.65. The van der Waals surface area contributed by atoms with E-state index in [1.54, 1.807) is 0 Å². The fourth-order valence-electron chi connectivity index (χ4n) is 4.10. The molecule has 0 saturated carbocycles. The van der Waals surface area contributed by atoms with Crippen molar-refractivity contribution in [1.29, 1.82) is 0 Å². The van der Waals surface area contributed by atoms with E-state index >= 15 is 0 Å². The van der Waals surface area contributed by atoms with E-state index < -0.39 is 0 Å². The van der Waals surface area contributed by atoms with Gasteiger partial charge in [0.2, 0.25) is 0 Å². The molecule has 1 unspecified atom stereocenters. The lowest BCUT2D eigenvalue weighted by Crippen LogP contribution is -2.24. The molecule has 0 saturated heterocycles. The molecule has 116 valence electrons. The van der Waals surface area contributed by atoms with Crippen LogP contribution >= 0.6 is 0 Å². The van der Waals surface area contributed by atoms with Crippen molar-refractivity contribution >= 4 is 11.1 Å². The minimum atomic E-state index is -0.302. The first-order valence-corrected chi connectivity index (χ1v) is 8.35. The van der Waals surface area contributed by atoms with E-state index in [1.807, 2.05) is 0 Å². The molecule has 0 spiro atoms. The van der Waals surface area contributed by atoms with Crippen molar-refractivity contribution < 1.29 is 0 Å². The Morgan fingerprint density at radius 2 is 1.33 bits per heavy atom. The zero-order valence-electron chi connectivity index (χ0n) is 13.9. The summed E-state index contributed by atoms with van der Waals surface area (Å²) in [7, 11) is 0. The van der Waals surface area contributed by atoms with E-state index in [9.17, 15) is 0 Å². The molecule has 0 nitrogen and oxygen atoms in total. The Kier molecular flexibility index (Phi) is 3.46. The van der Waals surface area contributed by atoms with Crippen LogP contribution in [0, 0.1) is 0 Å². The van der Waals surface area contributed by atoms with E-state index in [0.29, 0.717) is 0 Å². The number of rotatable bonds is 3. The van der Waals surface area contributed by atoms with Crippen LogP contribution in [-0.2, 0) is 5.41 Å². The Hall–Kier alpha value is -2.86. The van der Waals surface area contributed by atoms with Crippen LogP contribution in [0.25, 0.3) is 11.1 Å². The highest BCUT2D eigenvalue weighted by Crippen LogP contribution is 2.55. The molecule has 0 fully saturated rings. The summed E-state index contributed by atoms with van der Waals surface area (Å²) in [6.07, 6.45) is 2.11. The lowest BCUT2D eigenvalue weighted by Gasteiger charge is -2.32. The number of hydrogen-bond acceptors (Lipinski definition) is 0. The molecule has 3 aromatic carbocycles. The Bertz CT molecular complexity index is 917. The summed E-state index contributed by atoms with van der Waals surface area (Å²) in [4.78, 5) is 0. The highest BCUT2D eigenvalue weighted by atomic mass is 14.4. The fourth-order valence-corrected chi connectivity index (χ4v) is 4.10. The third kappa shape index (κ3) is 1.93. The molecule has 24 heavy (non-hydrogen) atoms. The van der Waals surface area contributed by atoms with Crippen LogP contribution in [0.2, 0.25) is 0 Å². The predicted molar refractivity (Wildman–Crippen MR) is 103 cm³/mol. The molecule has 0 heterocycles. The molecule has 0 N–H and O–H groups in total. The Balaban J connectivity index is 2.11. The van der Waals surface area contributed by atoms with E-state index in [1.165, 1.54) is 33.4 Å². The maximum atomic E-state index is 4.27. The number of allylic oxidation sites excluding steroid dienone is 3. The Morgan fingerprint density at radius 1 is 0.750 bits per heavy atom. The van der Waals surface area contributed by atoms with E-state index in [0.717, 1.165) is 0 Å². The van der Waals surface area contributed by atoms with Gasteiger partial charge in [-0.05, 0) is 40.3 Å². The quantitative estimate of drug-likeness (QED) is 0.513. The molecule has 1 atom stereocenters. The van der Waals surface area contributed by atoms with Crippen molar-refractivity contribution in [3.05, 3.63) is 120 Å². The van der Waals surface area contributed by atoms with Crippen LogP contribution in [0.5, 0.6) is 0 Å². The van der Waals surface area contributed by atoms with Crippen LogP contribution in [0.1, 0.15) is 29.2 Å². The van der Waals surface area contributed by atoms with Gasteiger partial charge in [-0.1, -0.05) is 91.0 Å². The van der Waals surface area contributed by atoms with Crippen LogP contribution < -0.4 is 0 Å². The van der Waals surface area contributed by atoms with Crippen LogP contribution in [-0.4, -0.2) is 0 Å². The molecular weight excluding hydrogens is 288 g/mol. The lowest BCUT2D eigenvalue weighted by atomic mass is 9.70. The standard InChI is InChI=1S/C24H20/c1-3-24(20-14-8-5-9-15-20)22-17-11-10-16-21(22)18(2)23(24)19-12-6-4-7-13-19/h3-17H,1H2,2H3. The number of hydrogen-bond donors (Lipinski definition) is 0. The third-order valence-electron chi connectivity index (χ3n) is 5.12. The third-order valence-corrected chi connectivity index (χ3v) is 5.12. The van der Waals surface area contributed by atoms with Gasteiger partial charge in [0, 0.05) is 0 Å². The summed E-state index contributed by atoms with van der Waals surface area (Å²) in [5.74, 6) is 0. The average Bonchev–Trinajstić information content (AvgIpc) is 2.93. The van der Waals surface area contributed by atoms with Crippen molar-refractivity contribution in [2.45, 2.75) is 12.3 Å². The molecule has 0 amide bonds. The molecule has 1 aliphatic carbocycles. The monoisotopic (exact) mass is 308 g/mol. The summed E-state index contributed by atoms with van der Waals surface area (Å²) in [5.41, 5.74) is 7.54. The largest absolute Gasteiger partial charge is 0.102 e. The molecule has 4 rings (SSSR count). The maximum absolute atomic E-state index is 4.27. The van der Waals surface area contributed by atoms with Gasteiger partial charge in [-0.2, -0.15) is 0 Å². The smallest absolute Gasteiger partial charge is 0.0644 e. The summed E-state index contributed by atoms with van der Waals surface area (Å²) < 4.78 is 0. The predicted octanol–water partition coefficient (Wildman–Crippen LogP) is 6.10. The van der Waals surface area contributed by atoms with Gasteiger partial charge in [0.05, 0.1) is 5.41 Å². The summed E-state index contributed by atoms with van der Waals surface area (Å²) >= 11 is 0. The minimum absolute atomic E-state index is 0.302. The van der Waals surface area contributed by atoms with Gasteiger partial charge >= 0.3 is 0 Å². The Labute approximate surface area is 143 Å². The topological polar surface area (TPSA) is 0 Å². The lowest BCUT2D eigenvalue weighted by molar-refractivity contribution is 0.856.